The van der Waals surface area contributed by atoms with E-state index in [2.05, 4.69) is 24.1 Å². The van der Waals surface area contributed by atoms with Crippen molar-refractivity contribution < 1.29 is 8.42 Å². The Bertz CT molecular complexity index is 373. The number of rotatable bonds is 4. The molecule has 0 aromatic heterocycles. The average molecular weight is 276 g/mol. The maximum atomic E-state index is 12.2. The van der Waals surface area contributed by atoms with E-state index in [1.54, 1.807) is 20.8 Å². The first kappa shape index (κ1) is 15.9. The normalized spacial score (nSPS) is 27.4. The monoisotopic (exact) mass is 276 g/mol. The van der Waals surface area contributed by atoms with Crippen molar-refractivity contribution >= 4 is 9.84 Å². The molecule has 0 amide bonds. The summed E-state index contributed by atoms with van der Waals surface area (Å²) >= 11 is 0. The molecule has 1 fully saturated rings. The Balaban J connectivity index is 2.68. The zero-order valence-corrected chi connectivity index (χ0v) is 13.2. The predicted octanol–water partition coefficient (Wildman–Crippen LogP) is 1.27. The summed E-state index contributed by atoms with van der Waals surface area (Å²) in [5, 5.41) is 3.39. The van der Waals surface area contributed by atoms with Crippen LogP contribution in [0, 0.1) is 0 Å². The van der Waals surface area contributed by atoms with E-state index in [0.29, 0.717) is 6.54 Å². The van der Waals surface area contributed by atoms with E-state index in [0.717, 1.165) is 26.1 Å². The third-order valence-electron chi connectivity index (χ3n) is 4.15. The first-order chi connectivity index (χ1) is 8.12. The van der Waals surface area contributed by atoms with Gasteiger partial charge >= 0.3 is 0 Å². The number of hydrogen-bond acceptors (Lipinski definition) is 4. The van der Waals surface area contributed by atoms with E-state index in [-0.39, 0.29) is 11.3 Å². The van der Waals surface area contributed by atoms with Gasteiger partial charge in [0.05, 0.1) is 10.5 Å². The number of hydrogen-bond donors (Lipinski definition) is 1. The standard InChI is InChI=1S/C13H28N2O2S/c1-6-13(5)11-14-7-8-15(13)9-10-18(16,17)12(2,3)4/h14H,6-11H2,1-5H3. The molecule has 0 radical (unpaired) electrons. The Morgan fingerprint density at radius 2 is 1.94 bits per heavy atom. The van der Waals surface area contributed by atoms with E-state index in [4.69, 9.17) is 0 Å². The van der Waals surface area contributed by atoms with Gasteiger partial charge in [0.25, 0.3) is 0 Å². The summed E-state index contributed by atoms with van der Waals surface area (Å²) in [6, 6.07) is 0. The van der Waals surface area contributed by atoms with Crippen molar-refractivity contribution in [1.29, 1.82) is 0 Å². The van der Waals surface area contributed by atoms with Crippen LogP contribution in [0.4, 0.5) is 0 Å². The molecule has 0 aromatic carbocycles. The maximum Gasteiger partial charge on any atom is 0.156 e. The lowest BCUT2D eigenvalue weighted by Gasteiger charge is -2.45. The largest absolute Gasteiger partial charge is 0.314 e. The molecule has 0 aliphatic carbocycles. The van der Waals surface area contributed by atoms with Crippen molar-refractivity contribution in [2.75, 3.05) is 31.9 Å². The number of nitrogens with zero attached hydrogens (tertiary/aromatic N) is 1. The molecule has 1 heterocycles. The van der Waals surface area contributed by atoms with Gasteiger partial charge in [-0.25, -0.2) is 8.42 Å². The van der Waals surface area contributed by atoms with Gasteiger partial charge in [-0.3, -0.25) is 4.90 Å². The Labute approximate surface area is 112 Å². The van der Waals surface area contributed by atoms with Gasteiger partial charge in [-0.05, 0) is 34.1 Å². The van der Waals surface area contributed by atoms with Crippen LogP contribution in [0.15, 0.2) is 0 Å². The fourth-order valence-electron chi connectivity index (χ4n) is 2.22. The number of nitrogens with one attached hydrogen (secondary N) is 1. The highest BCUT2D eigenvalue weighted by molar-refractivity contribution is 7.92. The van der Waals surface area contributed by atoms with E-state index in [1.165, 1.54) is 0 Å². The van der Waals surface area contributed by atoms with Crippen molar-refractivity contribution in [3.8, 4) is 0 Å². The van der Waals surface area contributed by atoms with Crippen LogP contribution < -0.4 is 5.32 Å². The second-order valence-corrected chi connectivity index (χ2v) is 9.31. The fourth-order valence-corrected chi connectivity index (χ4v) is 3.29. The lowest BCUT2D eigenvalue weighted by molar-refractivity contribution is 0.0781. The lowest BCUT2D eigenvalue weighted by Crippen LogP contribution is -2.60. The van der Waals surface area contributed by atoms with Crippen LogP contribution in [-0.2, 0) is 9.84 Å². The van der Waals surface area contributed by atoms with Crippen molar-refractivity contribution in [3.63, 3.8) is 0 Å². The van der Waals surface area contributed by atoms with E-state index in [9.17, 15) is 8.42 Å². The smallest absolute Gasteiger partial charge is 0.156 e. The van der Waals surface area contributed by atoms with Gasteiger partial charge in [0.1, 0.15) is 0 Å². The van der Waals surface area contributed by atoms with E-state index in [1.807, 2.05) is 0 Å². The van der Waals surface area contributed by atoms with Crippen LogP contribution in [0.5, 0.6) is 0 Å². The molecular formula is C13H28N2O2S. The van der Waals surface area contributed by atoms with Crippen LogP contribution >= 0.6 is 0 Å². The average Bonchev–Trinajstić information content (AvgIpc) is 2.26. The Morgan fingerprint density at radius 3 is 2.44 bits per heavy atom. The van der Waals surface area contributed by atoms with E-state index >= 15 is 0 Å². The first-order valence-electron chi connectivity index (χ1n) is 6.80. The molecule has 1 aliphatic rings. The third kappa shape index (κ3) is 3.45. The minimum atomic E-state index is -3.02. The molecule has 5 heteroatoms. The Kier molecular flexibility index (Phi) is 4.84. The van der Waals surface area contributed by atoms with Crippen molar-refractivity contribution in [2.45, 2.75) is 51.3 Å². The highest BCUT2D eigenvalue weighted by Crippen LogP contribution is 2.22. The summed E-state index contributed by atoms with van der Waals surface area (Å²) in [6.45, 7) is 13.2. The van der Waals surface area contributed by atoms with Crippen LogP contribution in [0.25, 0.3) is 0 Å². The van der Waals surface area contributed by atoms with Crippen LogP contribution in [0.1, 0.15) is 41.0 Å². The van der Waals surface area contributed by atoms with Crippen LogP contribution in [0.2, 0.25) is 0 Å². The minimum Gasteiger partial charge on any atom is -0.314 e. The zero-order chi connectivity index (χ0) is 14.0. The molecule has 0 saturated carbocycles. The zero-order valence-electron chi connectivity index (χ0n) is 12.4. The Morgan fingerprint density at radius 1 is 1.33 bits per heavy atom. The minimum absolute atomic E-state index is 0.0889. The summed E-state index contributed by atoms with van der Waals surface area (Å²) in [4.78, 5) is 2.33. The van der Waals surface area contributed by atoms with Gasteiger partial charge in [0.2, 0.25) is 0 Å². The molecule has 1 rings (SSSR count). The molecular weight excluding hydrogens is 248 g/mol. The topological polar surface area (TPSA) is 49.4 Å². The van der Waals surface area contributed by atoms with Gasteiger partial charge < -0.3 is 5.32 Å². The summed E-state index contributed by atoms with van der Waals surface area (Å²) in [7, 11) is -3.02. The molecule has 0 bridgehead atoms. The molecule has 1 unspecified atom stereocenters. The van der Waals surface area contributed by atoms with Gasteiger partial charge in [-0.2, -0.15) is 0 Å². The molecule has 108 valence electrons. The number of sulfone groups is 1. The molecule has 0 aromatic rings. The van der Waals surface area contributed by atoms with Gasteiger partial charge in [-0.1, -0.05) is 6.92 Å². The molecule has 4 nitrogen and oxygen atoms in total. The van der Waals surface area contributed by atoms with E-state index < -0.39 is 14.6 Å². The fraction of sp³-hybridized carbons (Fsp3) is 1.00. The van der Waals surface area contributed by atoms with Gasteiger partial charge in [0, 0.05) is 31.7 Å². The Hall–Kier alpha value is -0.130. The molecule has 1 N–H and O–H groups in total. The van der Waals surface area contributed by atoms with Crippen molar-refractivity contribution in [2.24, 2.45) is 0 Å². The summed E-state index contributed by atoms with van der Waals surface area (Å²) in [5.41, 5.74) is 0.0889. The first-order valence-corrected chi connectivity index (χ1v) is 8.46. The summed E-state index contributed by atoms with van der Waals surface area (Å²) < 4.78 is 23.7. The summed E-state index contributed by atoms with van der Waals surface area (Å²) in [5.74, 6) is 0.256. The second-order valence-electron chi connectivity index (χ2n) is 6.45. The second kappa shape index (κ2) is 5.47. The van der Waals surface area contributed by atoms with Crippen molar-refractivity contribution in [3.05, 3.63) is 0 Å². The maximum absolute atomic E-state index is 12.2. The van der Waals surface area contributed by atoms with Crippen LogP contribution in [-0.4, -0.2) is 55.5 Å². The number of piperazine rings is 1. The molecule has 1 saturated heterocycles. The van der Waals surface area contributed by atoms with Crippen LogP contribution in [0.3, 0.4) is 0 Å². The molecule has 1 aliphatic heterocycles. The lowest BCUT2D eigenvalue weighted by atomic mass is 9.94. The quantitative estimate of drug-likeness (QED) is 0.840. The molecule has 0 spiro atoms. The summed E-state index contributed by atoms with van der Waals surface area (Å²) in [6.07, 6.45) is 1.04. The predicted molar refractivity (Wildman–Crippen MR) is 76.7 cm³/mol. The highest BCUT2D eigenvalue weighted by atomic mass is 32.2. The van der Waals surface area contributed by atoms with Gasteiger partial charge in [-0.15, -0.1) is 0 Å². The van der Waals surface area contributed by atoms with Gasteiger partial charge in [0.15, 0.2) is 9.84 Å². The highest BCUT2D eigenvalue weighted by Gasteiger charge is 2.35. The molecule has 18 heavy (non-hydrogen) atoms. The SMILES string of the molecule is CCC1(C)CNCCN1CCS(=O)(=O)C(C)(C)C. The third-order valence-corrected chi connectivity index (χ3v) is 6.74. The van der Waals surface area contributed by atoms with Crippen molar-refractivity contribution in [1.82, 2.24) is 10.2 Å². The molecule has 1 atom stereocenters.